The average Bonchev–Trinajstić information content (AvgIpc) is 3.23. The Kier molecular flexibility index (Phi) is 3.88. The monoisotopic (exact) mass is 410 g/mol. The van der Waals surface area contributed by atoms with Crippen molar-refractivity contribution in [2.45, 2.75) is 0 Å². The number of pyridine rings is 2. The van der Waals surface area contributed by atoms with Crippen LogP contribution in [0, 0.1) is 29.1 Å². The van der Waals surface area contributed by atoms with Gasteiger partial charge in [0.05, 0.1) is 23.5 Å². The molecule has 1 saturated carbocycles. The van der Waals surface area contributed by atoms with Crippen LogP contribution >= 0.6 is 0 Å². The number of nitriles is 1. The Morgan fingerprint density at radius 1 is 1.06 bits per heavy atom. The number of anilines is 1. The highest BCUT2D eigenvalue weighted by Crippen LogP contribution is 2.51. The number of hydrogen-bond donors (Lipinski definition) is 1. The molecule has 0 spiro atoms. The van der Waals surface area contributed by atoms with Crippen LogP contribution in [-0.2, 0) is 7.05 Å². The maximum absolute atomic E-state index is 9.60. The minimum absolute atomic E-state index is 0.546. The Morgan fingerprint density at radius 2 is 1.90 bits per heavy atom. The van der Waals surface area contributed by atoms with Crippen LogP contribution in [0.4, 0.5) is 5.82 Å². The second-order valence-corrected chi connectivity index (χ2v) is 8.55. The van der Waals surface area contributed by atoms with E-state index in [1.54, 1.807) is 15.4 Å². The van der Waals surface area contributed by atoms with E-state index in [1.807, 2.05) is 31.8 Å². The Balaban J connectivity index is 1.39. The molecule has 154 valence electrons. The zero-order valence-corrected chi connectivity index (χ0v) is 17.2. The summed E-state index contributed by atoms with van der Waals surface area (Å²) in [6.45, 7) is 2.88. The summed E-state index contributed by atoms with van der Waals surface area (Å²) in [6.07, 6.45) is 9.24. The van der Waals surface area contributed by atoms with Gasteiger partial charge in [0.15, 0.2) is 0 Å². The first-order valence-electron chi connectivity index (χ1n) is 10.5. The molecule has 5 heterocycles. The van der Waals surface area contributed by atoms with E-state index < -0.39 is 0 Å². The first kappa shape index (κ1) is 18.1. The minimum Gasteiger partial charge on any atom is -0.356 e. The Bertz CT molecular complexity index is 1310. The van der Waals surface area contributed by atoms with Crippen molar-refractivity contribution < 1.29 is 0 Å². The zero-order chi connectivity index (χ0) is 21.1. The molecular formula is C23H22N8. The summed E-state index contributed by atoms with van der Waals surface area (Å²) in [6, 6.07) is 8.51. The van der Waals surface area contributed by atoms with Crippen molar-refractivity contribution in [3.05, 3.63) is 54.7 Å². The van der Waals surface area contributed by atoms with E-state index in [0.717, 1.165) is 65.1 Å². The Morgan fingerprint density at radius 3 is 2.55 bits per heavy atom. The number of aromatic nitrogens is 5. The molecule has 2 N–H and O–H groups in total. The van der Waals surface area contributed by atoms with Crippen molar-refractivity contribution in [2.75, 3.05) is 24.5 Å². The molecule has 0 unspecified atom stereocenters. The molecule has 8 nitrogen and oxygen atoms in total. The van der Waals surface area contributed by atoms with E-state index in [0.29, 0.717) is 11.5 Å². The van der Waals surface area contributed by atoms with Crippen LogP contribution in [0.5, 0.6) is 0 Å². The summed E-state index contributed by atoms with van der Waals surface area (Å²) < 4.78 is 3.54. The smallest absolute Gasteiger partial charge is 0.128 e. The highest BCUT2D eigenvalue weighted by atomic mass is 15.2. The summed E-state index contributed by atoms with van der Waals surface area (Å²) in [7, 11) is 1.89. The molecule has 0 amide bonds. The van der Waals surface area contributed by atoms with Crippen molar-refractivity contribution in [2.24, 2.45) is 30.5 Å². The summed E-state index contributed by atoms with van der Waals surface area (Å²) in [5.74, 6) is 3.16. The van der Waals surface area contributed by atoms with Crippen LogP contribution in [0.2, 0.25) is 0 Å². The number of aryl methyl sites for hydroxylation is 1. The molecule has 0 aromatic carbocycles. The lowest BCUT2D eigenvalue weighted by molar-refractivity contribution is 0.644. The third-order valence-corrected chi connectivity index (χ3v) is 6.80. The number of fused-ring (bicyclic) bond motifs is 2. The van der Waals surface area contributed by atoms with Crippen molar-refractivity contribution in [1.82, 2.24) is 24.4 Å². The highest BCUT2D eigenvalue weighted by Gasteiger charge is 2.54. The molecule has 0 bridgehead atoms. The molecule has 8 heteroatoms. The molecule has 1 aliphatic heterocycles. The summed E-state index contributed by atoms with van der Waals surface area (Å²) >= 11 is 0. The van der Waals surface area contributed by atoms with Crippen molar-refractivity contribution in [3.63, 3.8) is 0 Å². The van der Waals surface area contributed by atoms with Gasteiger partial charge in [0.1, 0.15) is 11.9 Å². The molecule has 1 saturated heterocycles. The van der Waals surface area contributed by atoms with Crippen molar-refractivity contribution in [3.8, 4) is 28.3 Å². The molecule has 3 atom stereocenters. The Labute approximate surface area is 179 Å². The fraction of sp³-hybridized carbons (Fsp3) is 0.304. The Hall–Kier alpha value is -3.70. The molecule has 6 rings (SSSR count). The van der Waals surface area contributed by atoms with E-state index >= 15 is 0 Å². The van der Waals surface area contributed by atoms with Gasteiger partial charge in [-0.15, -0.1) is 0 Å². The van der Waals surface area contributed by atoms with Gasteiger partial charge >= 0.3 is 0 Å². The number of nitrogens with two attached hydrogens (primary N) is 1. The third kappa shape index (κ3) is 2.81. The molecule has 4 aromatic rings. The van der Waals surface area contributed by atoms with Crippen LogP contribution in [-0.4, -0.2) is 44.0 Å². The lowest BCUT2D eigenvalue weighted by atomic mass is 10.0. The predicted octanol–water partition coefficient (Wildman–Crippen LogP) is 2.31. The highest BCUT2D eigenvalue weighted by molar-refractivity contribution is 5.87. The minimum atomic E-state index is 0.546. The predicted molar refractivity (Wildman–Crippen MR) is 117 cm³/mol. The van der Waals surface area contributed by atoms with Gasteiger partial charge in [-0.25, -0.2) is 9.50 Å². The lowest BCUT2D eigenvalue weighted by Crippen LogP contribution is -2.26. The van der Waals surface area contributed by atoms with Crippen LogP contribution < -0.4 is 10.6 Å². The van der Waals surface area contributed by atoms with Crippen LogP contribution in [0.15, 0.2) is 49.2 Å². The van der Waals surface area contributed by atoms with Crippen molar-refractivity contribution >= 4 is 11.3 Å². The average molecular weight is 410 g/mol. The van der Waals surface area contributed by atoms with E-state index in [1.165, 1.54) is 0 Å². The van der Waals surface area contributed by atoms with Crippen molar-refractivity contribution in [1.29, 1.82) is 5.26 Å². The molecule has 2 aliphatic rings. The SMILES string of the molecule is Cn1cc(-c2cc(-c3ccc(N4C[C@@H]5[C@H](CN)[C@@H]5C4)nc3)c3c(C#N)cnn3c2)cn1. The largest absolute Gasteiger partial charge is 0.356 e. The van der Waals surface area contributed by atoms with Gasteiger partial charge < -0.3 is 10.6 Å². The summed E-state index contributed by atoms with van der Waals surface area (Å²) in [5, 5.41) is 18.3. The van der Waals surface area contributed by atoms with E-state index in [9.17, 15) is 5.26 Å². The van der Waals surface area contributed by atoms with Gasteiger partial charge in [-0.05, 0) is 42.5 Å². The van der Waals surface area contributed by atoms with Gasteiger partial charge in [0.2, 0.25) is 0 Å². The molecule has 31 heavy (non-hydrogen) atoms. The first-order chi connectivity index (χ1) is 15.2. The third-order valence-electron chi connectivity index (χ3n) is 6.80. The second kappa shape index (κ2) is 6.65. The molecule has 4 aromatic heterocycles. The van der Waals surface area contributed by atoms with Gasteiger partial charge in [-0.2, -0.15) is 15.5 Å². The van der Waals surface area contributed by atoms with E-state index in [-0.39, 0.29) is 0 Å². The number of hydrogen-bond acceptors (Lipinski definition) is 6. The normalized spacial score (nSPS) is 22.0. The lowest BCUT2D eigenvalue weighted by Gasteiger charge is -2.20. The molecular weight excluding hydrogens is 388 g/mol. The van der Waals surface area contributed by atoms with Crippen LogP contribution in [0.3, 0.4) is 0 Å². The molecule has 0 radical (unpaired) electrons. The second-order valence-electron chi connectivity index (χ2n) is 8.55. The fourth-order valence-electron chi connectivity index (χ4n) is 5.07. The fourth-order valence-corrected chi connectivity index (χ4v) is 5.07. The van der Waals surface area contributed by atoms with E-state index in [4.69, 9.17) is 10.7 Å². The van der Waals surface area contributed by atoms with Gasteiger partial charge in [-0.3, -0.25) is 4.68 Å². The molecule has 1 aliphatic carbocycles. The number of nitrogens with zero attached hydrogens (tertiary/aromatic N) is 7. The summed E-state index contributed by atoms with van der Waals surface area (Å²) in [5.41, 5.74) is 11.0. The first-order valence-corrected chi connectivity index (χ1v) is 10.5. The van der Waals surface area contributed by atoms with Gasteiger partial charge in [0.25, 0.3) is 0 Å². The topological polar surface area (TPSA) is 101 Å². The zero-order valence-electron chi connectivity index (χ0n) is 17.2. The van der Waals surface area contributed by atoms with E-state index in [2.05, 4.69) is 39.4 Å². The van der Waals surface area contributed by atoms with Crippen LogP contribution in [0.1, 0.15) is 5.56 Å². The summed E-state index contributed by atoms with van der Waals surface area (Å²) in [4.78, 5) is 7.12. The van der Waals surface area contributed by atoms with Crippen LogP contribution in [0.25, 0.3) is 27.8 Å². The number of rotatable bonds is 4. The molecule has 2 fully saturated rings. The maximum atomic E-state index is 9.60. The number of piperidine rings is 1. The standard InChI is InChI=1S/C23H22N8/c1-29-10-17(9-27-29)15-4-18(23-16(5-24)8-28-31(23)11-15)14-2-3-22(26-7-14)30-12-20-19(6-25)21(20)13-30/h2-4,7-11,19-21H,6,12-13,25H2,1H3/t19-,20+,21-. The van der Waals surface area contributed by atoms with Gasteiger partial charge in [-0.1, -0.05) is 0 Å². The van der Waals surface area contributed by atoms with Gasteiger partial charge in [0, 0.05) is 61.0 Å². The quantitative estimate of drug-likeness (QED) is 0.554. The maximum Gasteiger partial charge on any atom is 0.128 e.